The van der Waals surface area contributed by atoms with Crippen molar-refractivity contribution in [1.82, 2.24) is 0 Å². The van der Waals surface area contributed by atoms with Gasteiger partial charge >= 0.3 is 0 Å². The number of hydrogen-bond donors (Lipinski definition) is 1. The fraction of sp³-hybridized carbons (Fsp3) is 0.750. The molecule has 3 aliphatic heterocycles. The molecule has 0 aliphatic carbocycles. The molecule has 1 N–H and O–H groups in total. The Morgan fingerprint density at radius 1 is 0.957 bits per heavy atom. The first kappa shape index (κ1) is 15.6. The van der Waals surface area contributed by atoms with Crippen molar-refractivity contribution in [2.75, 3.05) is 0 Å². The fourth-order valence-electron chi connectivity index (χ4n) is 3.52. The summed E-state index contributed by atoms with van der Waals surface area (Å²) in [6, 6.07) is 3.42. The van der Waals surface area contributed by atoms with Crippen LogP contribution in [-0.2, 0) is 23.7 Å². The summed E-state index contributed by atoms with van der Waals surface area (Å²) in [6.45, 7) is 7.31. The van der Waals surface area contributed by atoms with E-state index in [1.807, 2.05) is 27.7 Å². The molecule has 4 heterocycles. The SMILES string of the molecule is CC1(C)O[C@@H]2[C@H](O1)[C@H]1OC(C)(C)O[C@H]1O[C@@H]2[C@@H](O)c1ccco1. The van der Waals surface area contributed by atoms with Gasteiger partial charge in [-0.1, -0.05) is 0 Å². The molecule has 1 aromatic rings. The van der Waals surface area contributed by atoms with E-state index in [-0.39, 0.29) is 6.10 Å². The summed E-state index contributed by atoms with van der Waals surface area (Å²) >= 11 is 0. The first-order valence-electron chi connectivity index (χ1n) is 7.84. The fourth-order valence-corrected chi connectivity index (χ4v) is 3.52. The average Bonchev–Trinajstić information content (AvgIpc) is 3.12. The van der Waals surface area contributed by atoms with Gasteiger partial charge in [-0.15, -0.1) is 0 Å². The maximum absolute atomic E-state index is 10.7. The van der Waals surface area contributed by atoms with E-state index in [0.29, 0.717) is 5.76 Å². The molecule has 3 saturated heterocycles. The molecule has 7 nitrogen and oxygen atoms in total. The summed E-state index contributed by atoms with van der Waals surface area (Å²) in [5, 5.41) is 10.7. The summed E-state index contributed by atoms with van der Waals surface area (Å²) in [5.41, 5.74) is 0. The van der Waals surface area contributed by atoms with E-state index in [4.69, 9.17) is 28.1 Å². The van der Waals surface area contributed by atoms with Crippen LogP contribution in [0.4, 0.5) is 0 Å². The predicted octanol–water partition coefficient (Wildman–Crippen LogP) is 1.71. The number of aliphatic hydroxyl groups excluding tert-OH is 1. The first-order valence-corrected chi connectivity index (χ1v) is 7.84. The molecule has 0 amide bonds. The molecular weight excluding hydrogens is 304 g/mol. The Morgan fingerprint density at radius 2 is 1.61 bits per heavy atom. The highest BCUT2D eigenvalue weighted by Crippen LogP contribution is 2.46. The molecule has 7 heteroatoms. The van der Waals surface area contributed by atoms with Crippen molar-refractivity contribution in [3.63, 3.8) is 0 Å². The van der Waals surface area contributed by atoms with Crippen molar-refractivity contribution in [1.29, 1.82) is 0 Å². The van der Waals surface area contributed by atoms with Crippen LogP contribution in [0, 0.1) is 0 Å². The lowest BCUT2D eigenvalue weighted by molar-refractivity contribution is -0.255. The van der Waals surface area contributed by atoms with Crippen molar-refractivity contribution in [3.05, 3.63) is 24.2 Å². The maximum Gasteiger partial charge on any atom is 0.190 e. The Hall–Kier alpha value is -0.960. The number of fused-ring (bicyclic) bond motifs is 3. The molecule has 1 aromatic heterocycles. The van der Waals surface area contributed by atoms with Crippen LogP contribution in [-0.4, -0.2) is 47.4 Å². The summed E-state index contributed by atoms with van der Waals surface area (Å²) < 4.78 is 35.0. The van der Waals surface area contributed by atoms with E-state index in [0.717, 1.165) is 0 Å². The Morgan fingerprint density at radius 3 is 2.30 bits per heavy atom. The highest BCUT2D eigenvalue weighted by atomic mass is 16.9. The van der Waals surface area contributed by atoms with E-state index in [1.165, 1.54) is 6.26 Å². The van der Waals surface area contributed by atoms with Gasteiger partial charge in [-0.25, -0.2) is 0 Å². The third-order valence-corrected chi connectivity index (χ3v) is 4.34. The van der Waals surface area contributed by atoms with E-state index in [1.54, 1.807) is 12.1 Å². The minimum atomic E-state index is -0.983. The van der Waals surface area contributed by atoms with Gasteiger partial charge in [0, 0.05) is 0 Å². The number of rotatable bonds is 2. The quantitative estimate of drug-likeness (QED) is 0.886. The maximum atomic E-state index is 10.7. The first-order chi connectivity index (χ1) is 10.8. The topological polar surface area (TPSA) is 79.5 Å². The molecule has 0 radical (unpaired) electrons. The summed E-state index contributed by atoms with van der Waals surface area (Å²) in [4.78, 5) is 0. The Balaban J connectivity index is 1.65. The van der Waals surface area contributed by atoms with Crippen LogP contribution in [0.1, 0.15) is 39.6 Å². The average molecular weight is 326 g/mol. The van der Waals surface area contributed by atoms with Gasteiger partial charge < -0.3 is 33.2 Å². The molecule has 0 bridgehead atoms. The minimum Gasteiger partial charge on any atom is -0.466 e. The van der Waals surface area contributed by atoms with Gasteiger partial charge in [-0.2, -0.15) is 0 Å². The van der Waals surface area contributed by atoms with Gasteiger partial charge in [-0.05, 0) is 39.8 Å². The zero-order valence-corrected chi connectivity index (χ0v) is 13.6. The van der Waals surface area contributed by atoms with Gasteiger partial charge in [0.25, 0.3) is 0 Å². The molecular formula is C16H22O7. The van der Waals surface area contributed by atoms with Crippen molar-refractivity contribution in [3.8, 4) is 0 Å². The normalized spacial score (nSPS) is 42.2. The summed E-state index contributed by atoms with van der Waals surface area (Å²) in [6.07, 6.45) is -2.05. The van der Waals surface area contributed by atoms with Gasteiger partial charge in [0.15, 0.2) is 17.9 Å². The molecule has 6 atom stereocenters. The van der Waals surface area contributed by atoms with Gasteiger partial charge in [0.2, 0.25) is 0 Å². The van der Waals surface area contributed by atoms with Crippen LogP contribution in [0.5, 0.6) is 0 Å². The van der Waals surface area contributed by atoms with Crippen molar-refractivity contribution >= 4 is 0 Å². The monoisotopic (exact) mass is 326 g/mol. The highest BCUT2D eigenvalue weighted by molar-refractivity contribution is 5.09. The van der Waals surface area contributed by atoms with Crippen LogP contribution in [0.25, 0.3) is 0 Å². The molecule has 3 fully saturated rings. The van der Waals surface area contributed by atoms with Crippen LogP contribution < -0.4 is 0 Å². The van der Waals surface area contributed by atoms with E-state index < -0.39 is 42.3 Å². The molecule has 3 aliphatic rings. The van der Waals surface area contributed by atoms with E-state index in [2.05, 4.69) is 0 Å². The largest absolute Gasteiger partial charge is 0.466 e. The smallest absolute Gasteiger partial charge is 0.190 e. The van der Waals surface area contributed by atoms with Crippen LogP contribution in [0.3, 0.4) is 0 Å². The number of hydrogen-bond acceptors (Lipinski definition) is 7. The second-order valence-electron chi connectivity index (χ2n) is 7.09. The van der Waals surface area contributed by atoms with E-state index >= 15 is 0 Å². The standard InChI is InChI=1S/C16H22O7/c1-15(2)20-11-10(9(17)8-6-5-7-18-8)19-14-13(12(11)21-15)22-16(3,4)23-14/h5-7,9-14,17H,1-4H3/t9-,10+,11-,12-,13+,14+/m0/s1. The zero-order chi connectivity index (χ0) is 16.4. The predicted molar refractivity (Wildman–Crippen MR) is 76.2 cm³/mol. The molecule has 4 rings (SSSR count). The van der Waals surface area contributed by atoms with Gasteiger partial charge in [0.05, 0.1) is 6.26 Å². The third-order valence-electron chi connectivity index (χ3n) is 4.34. The third kappa shape index (κ3) is 2.61. The molecule has 23 heavy (non-hydrogen) atoms. The second-order valence-corrected chi connectivity index (χ2v) is 7.09. The number of aliphatic hydroxyl groups is 1. The Kier molecular flexibility index (Phi) is 3.39. The molecule has 0 aromatic carbocycles. The molecule has 0 spiro atoms. The molecule has 128 valence electrons. The van der Waals surface area contributed by atoms with Crippen molar-refractivity contribution in [2.24, 2.45) is 0 Å². The lowest BCUT2D eigenvalue weighted by Crippen LogP contribution is -2.56. The van der Waals surface area contributed by atoms with Crippen LogP contribution in [0.2, 0.25) is 0 Å². The zero-order valence-electron chi connectivity index (χ0n) is 13.6. The van der Waals surface area contributed by atoms with E-state index in [9.17, 15) is 5.11 Å². The van der Waals surface area contributed by atoms with Crippen molar-refractivity contribution in [2.45, 2.75) is 76.1 Å². The minimum absolute atomic E-state index is 0.389. The summed E-state index contributed by atoms with van der Waals surface area (Å²) in [5.74, 6) is -1.15. The molecule has 0 unspecified atom stereocenters. The number of furan rings is 1. The molecule has 0 saturated carbocycles. The highest BCUT2D eigenvalue weighted by Gasteiger charge is 2.62. The second kappa shape index (κ2) is 5.02. The lowest BCUT2D eigenvalue weighted by atomic mass is 9.94. The number of ether oxygens (including phenoxy) is 5. The summed E-state index contributed by atoms with van der Waals surface area (Å²) in [7, 11) is 0. The van der Waals surface area contributed by atoms with Crippen molar-refractivity contribution < 1.29 is 33.2 Å². The lowest BCUT2D eigenvalue weighted by Gasteiger charge is -2.38. The van der Waals surface area contributed by atoms with Gasteiger partial charge in [0.1, 0.15) is 36.3 Å². The van der Waals surface area contributed by atoms with Crippen LogP contribution >= 0.6 is 0 Å². The Bertz CT molecular complexity index is 567. The van der Waals surface area contributed by atoms with Crippen LogP contribution in [0.15, 0.2) is 22.8 Å². The van der Waals surface area contributed by atoms with Gasteiger partial charge in [-0.3, -0.25) is 0 Å². The Labute approximate surface area is 134 Å².